The Labute approximate surface area is 164 Å². The van der Waals surface area contributed by atoms with Gasteiger partial charge in [-0.1, -0.05) is 29.8 Å². The second-order valence-corrected chi connectivity index (χ2v) is 5.84. The van der Waals surface area contributed by atoms with E-state index in [1.54, 1.807) is 42.5 Å². The van der Waals surface area contributed by atoms with Crippen LogP contribution in [0.25, 0.3) is 0 Å². The number of rotatable bonds is 6. The molecule has 0 amide bonds. The van der Waals surface area contributed by atoms with Crippen LogP contribution in [0.15, 0.2) is 64.6 Å². The van der Waals surface area contributed by atoms with Gasteiger partial charge in [0.1, 0.15) is 10.7 Å². The van der Waals surface area contributed by atoms with Crippen LogP contribution in [0.4, 0.5) is 5.69 Å². The molecule has 3 aromatic rings. The molecular weight excluding hydrogens is 384 g/mol. The van der Waals surface area contributed by atoms with E-state index in [1.807, 2.05) is 6.07 Å². The van der Waals surface area contributed by atoms with Gasteiger partial charge >= 0.3 is 5.97 Å². The van der Waals surface area contributed by atoms with Crippen molar-refractivity contribution in [3.8, 4) is 11.5 Å². The van der Waals surface area contributed by atoms with E-state index in [4.69, 9.17) is 21.1 Å². The standard InChI is InChI=1S/C19H15ClN4O4/c1-27-16-9-12(10-21-23-14-11-22-24-18(25)17(14)20)7-8-15(16)28-19(26)13-5-3-2-4-6-13/h2-11H,1H3,(H2,23,24,25)/b21-10+. The monoisotopic (exact) mass is 398 g/mol. The Bertz CT molecular complexity index is 1070. The highest BCUT2D eigenvalue weighted by molar-refractivity contribution is 6.32. The Morgan fingerprint density at radius 2 is 2.00 bits per heavy atom. The minimum atomic E-state index is -0.520. The molecule has 142 valence electrons. The van der Waals surface area contributed by atoms with Gasteiger partial charge in [0.2, 0.25) is 0 Å². The van der Waals surface area contributed by atoms with E-state index in [0.717, 1.165) is 0 Å². The first kappa shape index (κ1) is 19.1. The van der Waals surface area contributed by atoms with Crippen molar-refractivity contribution in [3.05, 3.63) is 81.2 Å². The van der Waals surface area contributed by atoms with E-state index >= 15 is 0 Å². The van der Waals surface area contributed by atoms with Gasteiger partial charge in [-0.3, -0.25) is 10.2 Å². The van der Waals surface area contributed by atoms with E-state index in [0.29, 0.717) is 16.9 Å². The van der Waals surface area contributed by atoms with Gasteiger partial charge in [-0.15, -0.1) is 0 Å². The molecule has 2 N–H and O–H groups in total. The average Bonchev–Trinajstić information content (AvgIpc) is 2.72. The van der Waals surface area contributed by atoms with E-state index in [2.05, 4.69) is 20.7 Å². The molecule has 0 aliphatic rings. The van der Waals surface area contributed by atoms with Gasteiger partial charge in [0.25, 0.3) is 5.56 Å². The summed E-state index contributed by atoms with van der Waals surface area (Å²) in [6.45, 7) is 0. The second kappa shape index (κ2) is 8.83. The summed E-state index contributed by atoms with van der Waals surface area (Å²) in [6, 6.07) is 13.6. The molecule has 0 bridgehead atoms. The number of hydrogen-bond donors (Lipinski definition) is 2. The first-order valence-electron chi connectivity index (χ1n) is 8.06. The van der Waals surface area contributed by atoms with Crippen LogP contribution in [-0.2, 0) is 0 Å². The number of halogens is 1. The summed E-state index contributed by atoms with van der Waals surface area (Å²) in [6.07, 6.45) is 2.83. The molecule has 0 radical (unpaired) electrons. The molecule has 2 aromatic carbocycles. The molecule has 0 unspecified atom stereocenters. The topological polar surface area (TPSA) is 106 Å². The van der Waals surface area contributed by atoms with E-state index in [1.165, 1.54) is 19.5 Å². The van der Waals surface area contributed by atoms with Crippen LogP contribution in [0.1, 0.15) is 15.9 Å². The van der Waals surface area contributed by atoms with Gasteiger partial charge in [0, 0.05) is 0 Å². The third-order valence-corrected chi connectivity index (χ3v) is 3.97. The predicted molar refractivity (Wildman–Crippen MR) is 105 cm³/mol. The van der Waals surface area contributed by atoms with Crippen molar-refractivity contribution in [2.45, 2.75) is 0 Å². The molecule has 1 aromatic heterocycles. The number of hydrazone groups is 1. The maximum atomic E-state index is 12.2. The van der Waals surface area contributed by atoms with Gasteiger partial charge in [0.05, 0.1) is 25.1 Å². The van der Waals surface area contributed by atoms with Crippen molar-refractivity contribution >= 4 is 29.5 Å². The van der Waals surface area contributed by atoms with Crippen LogP contribution < -0.4 is 20.5 Å². The van der Waals surface area contributed by atoms with Crippen molar-refractivity contribution in [1.29, 1.82) is 0 Å². The van der Waals surface area contributed by atoms with Crippen LogP contribution in [-0.4, -0.2) is 29.5 Å². The maximum Gasteiger partial charge on any atom is 0.343 e. The quantitative estimate of drug-likeness (QED) is 0.286. The lowest BCUT2D eigenvalue weighted by molar-refractivity contribution is 0.0729. The lowest BCUT2D eigenvalue weighted by Crippen LogP contribution is -2.10. The zero-order chi connectivity index (χ0) is 19.9. The highest BCUT2D eigenvalue weighted by Crippen LogP contribution is 2.28. The first-order chi connectivity index (χ1) is 13.6. The Morgan fingerprint density at radius 3 is 2.75 bits per heavy atom. The smallest absolute Gasteiger partial charge is 0.343 e. The number of hydrogen-bond acceptors (Lipinski definition) is 7. The van der Waals surface area contributed by atoms with Gasteiger partial charge < -0.3 is 9.47 Å². The second-order valence-electron chi connectivity index (χ2n) is 5.46. The van der Waals surface area contributed by atoms with Crippen LogP contribution in [0.3, 0.4) is 0 Å². The molecule has 1 heterocycles. The number of esters is 1. The number of H-pyrrole nitrogens is 1. The average molecular weight is 399 g/mol. The lowest BCUT2D eigenvalue weighted by atomic mass is 10.2. The third kappa shape index (κ3) is 4.54. The van der Waals surface area contributed by atoms with Crippen LogP contribution in [0.5, 0.6) is 11.5 Å². The highest BCUT2D eigenvalue weighted by atomic mass is 35.5. The van der Waals surface area contributed by atoms with E-state index in [-0.39, 0.29) is 16.5 Å². The Hall–Kier alpha value is -3.65. The van der Waals surface area contributed by atoms with Crippen molar-refractivity contribution in [2.75, 3.05) is 12.5 Å². The van der Waals surface area contributed by atoms with Crippen molar-refractivity contribution in [2.24, 2.45) is 5.10 Å². The third-order valence-electron chi connectivity index (χ3n) is 3.59. The fraction of sp³-hybridized carbons (Fsp3) is 0.0526. The number of nitrogens with zero attached hydrogens (tertiary/aromatic N) is 2. The fourth-order valence-corrected chi connectivity index (χ4v) is 2.35. The largest absolute Gasteiger partial charge is 0.493 e. The minimum absolute atomic E-state index is 0.0482. The van der Waals surface area contributed by atoms with Crippen LogP contribution >= 0.6 is 11.6 Å². The number of ether oxygens (including phenoxy) is 2. The number of carbonyl (C=O) groups excluding carboxylic acids is 1. The summed E-state index contributed by atoms with van der Waals surface area (Å²) in [5.74, 6) is 0.158. The number of anilines is 1. The number of aromatic amines is 1. The predicted octanol–water partition coefficient (Wildman–Crippen LogP) is 3.10. The molecule has 0 saturated heterocycles. The summed E-state index contributed by atoms with van der Waals surface area (Å²) in [5, 5.41) is 9.81. The number of benzene rings is 2. The molecule has 3 rings (SSSR count). The highest BCUT2D eigenvalue weighted by Gasteiger charge is 2.12. The summed E-state index contributed by atoms with van der Waals surface area (Å²) in [5.41, 5.74) is 3.48. The fourth-order valence-electron chi connectivity index (χ4n) is 2.22. The zero-order valence-electron chi connectivity index (χ0n) is 14.7. The SMILES string of the molecule is COc1cc(/C=N/Nc2cn[nH]c(=O)c2Cl)ccc1OC(=O)c1ccccc1. The number of methoxy groups -OCH3 is 1. The molecule has 0 aliphatic carbocycles. The van der Waals surface area contributed by atoms with Crippen LogP contribution in [0.2, 0.25) is 5.02 Å². The van der Waals surface area contributed by atoms with Gasteiger partial charge in [0.15, 0.2) is 11.5 Å². The Morgan fingerprint density at radius 1 is 1.21 bits per heavy atom. The van der Waals surface area contributed by atoms with Crippen molar-refractivity contribution < 1.29 is 14.3 Å². The molecule has 8 nitrogen and oxygen atoms in total. The summed E-state index contributed by atoms with van der Waals surface area (Å²) >= 11 is 5.85. The number of aromatic nitrogens is 2. The number of carbonyl (C=O) groups is 1. The summed E-state index contributed by atoms with van der Waals surface area (Å²) in [4.78, 5) is 23.6. The number of nitrogens with one attached hydrogen (secondary N) is 2. The molecule has 0 aliphatic heterocycles. The minimum Gasteiger partial charge on any atom is -0.493 e. The van der Waals surface area contributed by atoms with Crippen molar-refractivity contribution in [3.63, 3.8) is 0 Å². The molecule has 0 spiro atoms. The normalized spacial score (nSPS) is 10.6. The van der Waals surface area contributed by atoms with E-state index < -0.39 is 11.5 Å². The Balaban J connectivity index is 1.73. The Kier molecular flexibility index (Phi) is 6.03. The van der Waals surface area contributed by atoms with Crippen molar-refractivity contribution in [1.82, 2.24) is 10.2 Å². The molecule has 0 saturated carbocycles. The maximum absolute atomic E-state index is 12.2. The molecule has 28 heavy (non-hydrogen) atoms. The lowest BCUT2D eigenvalue weighted by Gasteiger charge is -2.10. The summed E-state index contributed by atoms with van der Waals surface area (Å²) < 4.78 is 10.7. The zero-order valence-corrected chi connectivity index (χ0v) is 15.4. The molecule has 0 fully saturated rings. The molecular formula is C19H15ClN4O4. The van der Waals surface area contributed by atoms with Gasteiger partial charge in [-0.2, -0.15) is 10.2 Å². The molecule has 9 heteroatoms. The summed E-state index contributed by atoms with van der Waals surface area (Å²) in [7, 11) is 1.47. The van der Waals surface area contributed by atoms with Crippen LogP contribution in [0, 0.1) is 0 Å². The van der Waals surface area contributed by atoms with Gasteiger partial charge in [-0.05, 0) is 35.9 Å². The van der Waals surface area contributed by atoms with E-state index in [9.17, 15) is 9.59 Å². The first-order valence-corrected chi connectivity index (χ1v) is 8.44. The molecule has 0 atom stereocenters. The van der Waals surface area contributed by atoms with Gasteiger partial charge in [-0.25, -0.2) is 9.89 Å².